The molecule has 0 aromatic heterocycles. The van der Waals surface area contributed by atoms with Crippen molar-refractivity contribution in [2.45, 2.75) is 13.8 Å². The molecule has 3 rings (SSSR count). The summed E-state index contributed by atoms with van der Waals surface area (Å²) in [7, 11) is 0. The molecule has 136 valence electrons. The third-order valence-electron chi connectivity index (χ3n) is 3.88. The number of phenolic OH excluding ortho intramolecular Hbond substituents is 1. The molecular formula is C22H18O5. The maximum atomic E-state index is 11.8. The molecule has 0 aliphatic rings. The van der Waals surface area contributed by atoms with E-state index >= 15 is 0 Å². The van der Waals surface area contributed by atoms with E-state index < -0.39 is 0 Å². The molecule has 0 aliphatic heterocycles. The highest BCUT2D eigenvalue weighted by Gasteiger charge is 2.13. The van der Waals surface area contributed by atoms with Crippen LogP contribution in [0.25, 0.3) is 0 Å². The third kappa shape index (κ3) is 4.52. The highest BCUT2D eigenvalue weighted by Crippen LogP contribution is 2.28. The minimum Gasteiger partial charge on any atom is -0.508 e. The van der Waals surface area contributed by atoms with E-state index in [2.05, 4.69) is 0 Å². The van der Waals surface area contributed by atoms with Crippen LogP contribution in [-0.4, -0.2) is 16.7 Å². The fourth-order valence-corrected chi connectivity index (χ4v) is 2.55. The number of ketones is 2. The molecule has 0 unspecified atom stereocenters. The predicted octanol–water partition coefficient (Wildman–Crippen LogP) is 5.38. The smallest absolute Gasteiger partial charge is 0.160 e. The summed E-state index contributed by atoms with van der Waals surface area (Å²) in [5, 5.41) is 9.29. The second-order valence-electron chi connectivity index (χ2n) is 5.99. The molecule has 0 saturated heterocycles. The Balaban J connectivity index is 1.74. The molecule has 0 heterocycles. The molecule has 5 heteroatoms. The summed E-state index contributed by atoms with van der Waals surface area (Å²) in [6.45, 7) is 2.84. The Morgan fingerprint density at radius 3 is 1.52 bits per heavy atom. The molecule has 3 aromatic carbocycles. The maximum Gasteiger partial charge on any atom is 0.160 e. The quantitative estimate of drug-likeness (QED) is 0.596. The van der Waals surface area contributed by atoms with Gasteiger partial charge in [0.2, 0.25) is 0 Å². The van der Waals surface area contributed by atoms with Crippen molar-refractivity contribution in [3.8, 4) is 28.7 Å². The number of phenols is 1. The molecule has 0 radical (unpaired) electrons. The van der Waals surface area contributed by atoms with Crippen molar-refractivity contribution in [2.75, 3.05) is 0 Å². The zero-order chi connectivity index (χ0) is 19.4. The first-order valence-corrected chi connectivity index (χ1v) is 8.33. The molecule has 0 atom stereocenters. The largest absolute Gasteiger partial charge is 0.508 e. The Morgan fingerprint density at radius 2 is 1.04 bits per heavy atom. The van der Waals surface area contributed by atoms with Gasteiger partial charge < -0.3 is 14.6 Å². The van der Waals surface area contributed by atoms with Gasteiger partial charge in [-0.15, -0.1) is 0 Å². The standard InChI is InChI=1S/C22H18O5/c1-14(23)21-12-11-20(13-22(21)15(2)24)27-19-9-7-18(8-10-19)26-17-5-3-16(25)4-6-17/h3-13,25H,1-2H3. The summed E-state index contributed by atoms with van der Waals surface area (Å²) in [6, 6.07) is 18.2. The topological polar surface area (TPSA) is 72.8 Å². The summed E-state index contributed by atoms with van der Waals surface area (Å²) in [5.74, 6) is 2.07. The first-order valence-electron chi connectivity index (χ1n) is 8.33. The van der Waals surface area contributed by atoms with Gasteiger partial charge in [-0.1, -0.05) is 0 Å². The minimum absolute atomic E-state index is 0.164. The molecule has 0 amide bonds. The highest BCUT2D eigenvalue weighted by atomic mass is 16.5. The maximum absolute atomic E-state index is 11.8. The van der Waals surface area contributed by atoms with Gasteiger partial charge in [0.1, 0.15) is 28.7 Å². The average molecular weight is 362 g/mol. The van der Waals surface area contributed by atoms with Crippen molar-refractivity contribution in [2.24, 2.45) is 0 Å². The first kappa shape index (κ1) is 18.2. The zero-order valence-electron chi connectivity index (χ0n) is 14.9. The molecule has 0 aliphatic carbocycles. The van der Waals surface area contributed by atoms with Crippen molar-refractivity contribution in [1.29, 1.82) is 0 Å². The molecule has 1 N–H and O–H groups in total. The fraction of sp³-hybridized carbons (Fsp3) is 0.0909. The van der Waals surface area contributed by atoms with Crippen LogP contribution in [0.3, 0.4) is 0 Å². The van der Waals surface area contributed by atoms with Crippen molar-refractivity contribution in [3.63, 3.8) is 0 Å². The second kappa shape index (κ2) is 7.74. The highest BCUT2D eigenvalue weighted by molar-refractivity contribution is 6.07. The monoisotopic (exact) mass is 362 g/mol. The van der Waals surface area contributed by atoms with E-state index in [-0.39, 0.29) is 17.3 Å². The van der Waals surface area contributed by atoms with Crippen LogP contribution in [0.2, 0.25) is 0 Å². The number of ether oxygens (including phenoxy) is 2. The van der Waals surface area contributed by atoms with Crippen LogP contribution < -0.4 is 9.47 Å². The fourth-order valence-electron chi connectivity index (χ4n) is 2.55. The summed E-state index contributed by atoms with van der Waals surface area (Å²) < 4.78 is 11.5. The Labute approximate surface area is 156 Å². The van der Waals surface area contributed by atoms with Gasteiger partial charge in [-0.05, 0) is 80.6 Å². The van der Waals surface area contributed by atoms with Crippen LogP contribution >= 0.6 is 0 Å². The normalized spacial score (nSPS) is 10.3. The van der Waals surface area contributed by atoms with Gasteiger partial charge in [-0.25, -0.2) is 0 Å². The summed E-state index contributed by atoms with van der Waals surface area (Å²) in [5.41, 5.74) is 0.722. The predicted molar refractivity (Wildman–Crippen MR) is 101 cm³/mol. The Hall–Kier alpha value is -3.60. The summed E-state index contributed by atoms with van der Waals surface area (Å²) in [6.07, 6.45) is 0. The van der Waals surface area contributed by atoms with Gasteiger partial charge in [0, 0.05) is 11.1 Å². The molecule has 0 saturated carbocycles. The molecule has 3 aromatic rings. The Bertz CT molecular complexity index is 973. The number of hydrogen-bond donors (Lipinski definition) is 1. The van der Waals surface area contributed by atoms with E-state index in [0.717, 1.165) is 0 Å². The lowest BCUT2D eigenvalue weighted by molar-refractivity contribution is 0.0980. The van der Waals surface area contributed by atoms with E-state index in [9.17, 15) is 14.7 Å². The lowest BCUT2D eigenvalue weighted by Crippen LogP contribution is -2.04. The minimum atomic E-state index is -0.191. The van der Waals surface area contributed by atoms with Gasteiger partial charge in [0.15, 0.2) is 11.6 Å². The van der Waals surface area contributed by atoms with Crippen molar-refractivity contribution in [3.05, 3.63) is 77.9 Å². The van der Waals surface area contributed by atoms with E-state index in [1.165, 1.54) is 13.8 Å². The summed E-state index contributed by atoms with van der Waals surface area (Å²) >= 11 is 0. The van der Waals surface area contributed by atoms with Gasteiger partial charge >= 0.3 is 0 Å². The Kier molecular flexibility index (Phi) is 5.22. The second-order valence-corrected chi connectivity index (χ2v) is 5.99. The van der Waals surface area contributed by atoms with E-state index in [4.69, 9.17) is 9.47 Å². The third-order valence-corrected chi connectivity index (χ3v) is 3.88. The number of Topliss-reactive ketones (excluding diaryl/α,β-unsaturated/α-hetero) is 2. The zero-order valence-corrected chi connectivity index (χ0v) is 14.9. The van der Waals surface area contributed by atoms with Crippen LogP contribution in [0.15, 0.2) is 66.7 Å². The van der Waals surface area contributed by atoms with Crippen molar-refractivity contribution < 1.29 is 24.2 Å². The number of rotatable bonds is 6. The molecular weight excluding hydrogens is 344 g/mol. The Morgan fingerprint density at radius 1 is 0.630 bits per heavy atom. The lowest BCUT2D eigenvalue weighted by Gasteiger charge is -2.10. The van der Waals surface area contributed by atoms with E-state index in [1.807, 2.05) is 0 Å². The summed E-state index contributed by atoms with van der Waals surface area (Å²) in [4.78, 5) is 23.4. The van der Waals surface area contributed by atoms with Crippen LogP contribution in [0, 0.1) is 0 Å². The van der Waals surface area contributed by atoms with Gasteiger partial charge in [-0.3, -0.25) is 9.59 Å². The van der Waals surface area contributed by atoms with Crippen LogP contribution in [0.4, 0.5) is 0 Å². The number of benzene rings is 3. The average Bonchev–Trinajstić information content (AvgIpc) is 2.65. The van der Waals surface area contributed by atoms with Crippen LogP contribution in [-0.2, 0) is 0 Å². The lowest BCUT2D eigenvalue weighted by atomic mass is 10.0. The molecule has 0 fully saturated rings. The van der Waals surface area contributed by atoms with Crippen LogP contribution in [0.1, 0.15) is 34.6 Å². The molecule has 5 nitrogen and oxygen atoms in total. The van der Waals surface area contributed by atoms with Gasteiger partial charge in [0.05, 0.1) is 0 Å². The SMILES string of the molecule is CC(=O)c1ccc(Oc2ccc(Oc3ccc(O)cc3)cc2)cc1C(C)=O. The van der Waals surface area contributed by atoms with E-state index in [1.54, 1.807) is 66.7 Å². The van der Waals surface area contributed by atoms with Gasteiger partial charge in [0.25, 0.3) is 0 Å². The first-order chi connectivity index (χ1) is 12.9. The van der Waals surface area contributed by atoms with Crippen molar-refractivity contribution in [1.82, 2.24) is 0 Å². The number of carbonyl (C=O) groups excluding carboxylic acids is 2. The number of hydrogen-bond acceptors (Lipinski definition) is 5. The van der Waals surface area contributed by atoms with E-state index in [0.29, 0.717) is 34.1 Å². The number of aromatic hydroxyl groups is 1. The van der Waals surface area contributed by atoms with Crippen molar-refractivity contribution >= 4 is 11.6 Å². The van der Waals surface area contributed by atoms with Crippen LogP contribution in [0.5, 0.6) is 28.7 Å². The number of carbonyl (C=O) groups is 2. The molecule has 0 spiro atoms. The molecule has 27 heavy (non-hydrogen) atoms. The molecule has 0 bridgehead atoms. The van der Waals surface area contributed by atoms with Gasteiger partial charge in [-0.2, -0.15) is 0 Å².